The first kappa shape index (κ1) is 11.8. The van der Waals surface area contributed by atoms with Crippen molar-refractivity contribution in [3.63, 3.8) is 0 Å². The molecule has 0 aliphatic heterocycles. The van der Waals surface area contributed by atoms with Gasteiger partial charge in [0.2, 0.25) is 0 Å². The number of nitrogens with one attached hydrogen (secondary N) is 1. The number of nitrogens with zero attached hydrogens (tertiary/aromatic N) is 1. The van der Waals surface area contributed by atoms with Gasteiger partial charge in [-0.2, -0.15) is 0 Å². The van der Waals surface area contributed by atoms with Crippen LogP contribution in [0.4, 0.5) is 0 Å². The van der Waals surface area contributed by atoms with E-state index < -0.39 is 0 Å². The Morgan fingerprint density at radius 3 is 2.65 bits per heavy atom. The Balaban J connectivity index is 1.79. The van der Waals surface area contributed by atoms with Crippen molar-refractivity contribution in [3.8, 4) is 0 Å². The van der Waals surface area contributed by atoms with Crippen LogP contribution in [0.2, 0.25) is 0 Å². The maximum atomic E-state index is 4.13. The summed E-state index contributed by atoms with van der Waals surface area (Å²) in [5, 5.41) is 3.51. The van der Waals surface area contributed by atoms with Crippen LogP contribution in [0.1, 0.15) is 24.1 Å². The molecule has 88 valence electrons. The van der Waals surface area contributed by atoms with Crippen molar-refractivity contribution in [2.45, 2.75) is 19.4 Å². The molecule has 1 atom stereocenters. The van der Waals surface area contributed by atoms with Crippen LogP contribution in [-0.4, -0.2) is 11.5 Å². The van der Waals surface area contributed by atoms with E-state index in [1.807, 2.05) is 12.3 Å². The SMILES string of the molecule is C[C@@H](NCCc1ccccc1)c1cccnc1. The fourth-order valence-electron chi connectivity index (χ4n) is 1.83. The molecule has 2 aromatic rings. The van der Waals surface area contributed by atoms with E-state index >= 15 is 0 Å². The van der Waals surface area contributed by atoms with Crippen molar-refractivity contribution in [1.82, 2.24) is 10.3 Å². The molecule has 1 heterocycles. The molecule has 17 heavy (non-hydrogen) atoms. The molecule has 0 bridgehead atoms. The van der Waals surface area contributed by atoms with Crippen molar-refractivity contribution in [3.05, 3.63) is 66.0 Å². The summed E-state index contributed by atoms with van der Waals surface area (Å²) in [6, 6.07) is 15.0. The third-order valence-electron chi connectivity index (χ3n) is 2.89. The van der Waals surface area contributed by atoms with E-state index in [1.165, 1.54) is 11.1 Å². The molecule has 1 N–H and O–H groups in total. The lowest BCUT2D eigenvalue weighted by atomic mass is 10.1. The number of benzene rings is 1. The molecule has 0 aliphatic rings. The summed E-state index contributed by atoms with van der Waals surface area (Å²) in [5.41, 5.74) is 2.61. The van der Waals surface area contributed by atoms with Crippen molar-refractivity contribution in [2.24, 2.45) is 0 Å². The molecule has 0 amide bonds. The van der Waals surface area contributed by atoms with E-state index in [0.717, 1.165) is 13.0 Å². The second-order valence-electron chi connectivity index (χ2n) is 4.20. The first-order chi connectivity index (χ1) is 8.36. The summed E-state index contributed by atoms with van der Waals surface area (Å²) in [6.45, 7) is 3.15. The van der Waals surface area contributed by atoms with Gasteiger partial charge in [0, 0.05) is 18.4 Å². The van der Waals surface area contributed by atoms with E-state index in [0.29, 0.717) is 6.04 Å². The Kier molecular flexibility index (Phi) is 4.28. The molecule has 0 aliphatic carbocycles. The van der Waals surface area contributed by atoms with Crippen molar-refractivity contribution < 1.29 is 0 Å². The van der Waals surface area contributed by atoms with Crippen LogP contribution < -0.4 is 5.32 Å². The van der Waals surface area contributed by atoms with E-state index in [9.17, 15) is 0 Å². The Labute approximate surface area is 103 Å². The van der Waals surface area contributed by atoms with E-state index in [-0.39, 0.29) is 0 Å². The first-order valence-corrected chi connectivity index (χ1v) is 6.03. The highest BCUT2D eigenvalue weighted by Crippen LogP contribution is 2.09. The first-order valence-electron chi connectivity index (χ1n) is 6.03. The minimum atomic E-state index is 0.354. The second kappa shape index (κ2) is 6.16. The quantitative estimate of drug-likeness (QED) is 0.847. The van der Waals surface area contributed by atoms with Crippen LogP contribution in [0.3, 0.4) is 0 Å². The normalized spacial score (nSPS) is 12.3. The molecule has 2 heteroatoms. The topological polar surface area (TPSA) is 24.9 Å². The summed E-state index contributed by atoms with van der Waals surface area (Å²) in [4.78, 5) is 4.13. The molecule has 0 fully saturated rings. The Hall–Kier alpha value is -1.67. The standard InChI is InChI=1S/C15H18N2/c1-13(15-8-5-10-16-12-15)17-11-9-14-6-3-2-4-7-14/h2-8,10,12-13,17H,9,11H2,1H3/t13-/m1/s1. The predicted octanol–water partition coefficient (Wildman–Crippen LogP) is 2.97. The Bertz CT molecular complexity index is 425. The number of rotatable bonds is 5. The maximum absolute atomic E-state index is 4.13. The van der Waals surface area contributed by atoms with Gasteiger partial charge in [-0.25, -0.2) is 0 Å². The lowest BCUT2D eigenvalue weighted by Crippen LogP contribution is -2.21. The highest BCUT2D eigenvalue weighted by molar-refractivity contribution is 5.16. The molecule has 2 rings (SSSR count). The monoisotopic (exact) mass is 226 g/mol. The summed E-state index contributed by atoms with van der Waals surface area (Å²) in [6.07, 6.45) is 4.78. The summed E-state index contributed by atoms with van der Waals surface area (Å²) in [5.74, 6) is 0. The van der Waals surface area contributed by atoms with Crippen LogP contribution in [0, 0.1) is 0 Å². The summed E-state index contributed by atoms with van der Waals surface area (Å²) in [7, 11) is 0. The summed E-state index contributed by atoms with van der Waals surface area (Å²) >= 11 is 0. The molecule has 0 spiro atoms. The van der Waals surface area contributed by atoms with Gasteiger partial charge in [-0.15, -0.1) is 0 Å². The largest absolute Gasteiger partial charge is 0.310 e. The van der Waals surface area contributed by atoms with Crippen molar-refractivity contribution in [1.29, 1.82) is 0 Å². The minimum absolute atomic E-state index is 0.354. The van der Waals surface area contributed by atoms with Crippen LogP contribution in [0.15, 0.2) is 54.9 Å². The number of hydrogen-bond acceptors (Lipinski definition) is 2. The van der Waals surface area contributed by atoms with Crippen LogP contribution in [0.25, 0.3) is 0 Å². The number of hydrogen-bond donors (Lipinski definition) is 1. The fraction of sp³-hybridized carbons (Fsp3) is 0.267. The maximum Gasteiger partial charge on any atom is 0.0315 e. The minimum Gasteiger partial charge on any atom is -0.310 e. The van der Waals surface area contributed by atoms with Gasteiger partial charge in [-0.05, 0) is 37.1 Å². The number of aromatic nitrogens is 1. The Morgan fingerprint density at radius 1 is 1.12 bits per heavy atom. The lowest BCUT2D eigenvalue weighted by molar-refractivity contribution is 0.575. The zero-order chi connectivity index (χ0) is 11.9. The van der Waals surface area contributed by atoms with Crippen LogP contribution >= 0.6 is 0 Å². The molecule has 0 saturated heterocycles. The summed E-state index contributed by atoms with van der Waals surface area (Å²) < 4.78 is 0. The molecule has 0 saturated carbocycles. The fourth-order valence-corrected chi connectivity index (χ4v) is 1.83. The highest BCUT2D eigenvalue weighted by atomic mass is 14.9. The molecule has 2 nitrogen and oxygen atoms in total. The van der Waals surface area contributed by atoms with Gasteiger partial charge in [0.05, 0.1) is 0 Å². The van der Waals surface area contributed by atoms with Crippen LogP contribution in [0.5, 0.6) is 0 Å². The van der Waals surface area contributed by atoms with Gasteiger partial charge in [-0.3, -0.25) is 4.98 Å². The second-order valence-corrected chi connectivity index (χ2v) is 4.20. The zero-order valence-electron chi connectivity index (χ0n) is 10.1. The molecular weight excluding hydrogens is 208 g/mol. The van der Waals surface area contributed by atoms with Crippen molar-refractivity contribution >= 4 is 0 Å². The molecular formula is C15H18N2. The van der Waals surface area contributed by atoms with E-state index in [1.54, 1.807) is 6.20 Å². The van der Waals surface area contributed by atoms with Gasteiger partial charge in [0.1, 0.15) is 0 Å². The van der Waals surface area contributed by atoms with Gasteiger partial charge in [0.15, 0.2) is 0 Å². The predicted molar refractivity (Wildman–Crippen MR) is 70.8 cm³/mol. The zero-order valence-corrected chi connectivity index (χ0v) is 10.1. The molecule has 0 radical (unpaired) electrons. The van der Waals surface area contributed by atoms with Gasteiger partial charge in [0.25, 0.3) is 0 Å². The third kappa shape index (κ3) is 3.68. The third-order valence-corrected chi connectivity index (χ3v) is 2.89. The van der Waals surface area contributed by atoms with Gasteiger partial charge in [-0.1, -0.05) is 36.4 Å². The van der Waals surface area contributed by atoms with E-state index in [2.05, 4.69) is 53.6 Å². The molecule has 1 aromatic carbocycles. The van der Waals surface area contributed by atoms with Crippen LogP contribution in [-0.2, 0) is 6.42 Å². The Morgan fingerprint density at radius 2 is 1.94 bits per heavy atom. The van der Waals surface area contributed by atoms with Gasteiger partial charge < -0.3 is 5.32 Å². The lowest BCUT2D eigenvalue weighted by Gasteiger charge is -2.13. The molecule has 0 unspecified atom stereocenters. The van der Waals surface area contributed by atoms with E-state index in [4.69, 9.17) is 0 Å². The average molecular weight is 226 g/mol. The average Bonchev–Trinajstić information content (AvgIpc) is 2.41. The smallest absolute Gasteiger partial charge is 0.0315 e. The highest BCUT2D eigenvalue weighted by Gasteiger charge is 2.03. The molecule has 1 aromatic heterocycles. The van der Waals surface area contributed by atoms with Crippen molar-refractivity contribution in [2.75, 3.05) is 6.54 Å². The van der Waals surface area contributed by atoms with Gasteiger partial charge >= 0.3 is 0 Å². The number of pyridine rings is 1.